The van der Waals surface area contributed by atoms with Crippen LogP contribution in [0.5, 0.6) is 17.2 Å². The lowest BCUT2D eigenvalue weighted by molar-refractivity contribution is 0.0916. The second-order valence-corrected chi connectivity index (χ2v) is 11.1. The fraction of sp³-hybridized carbons (Fsp3) is 0.536. The minimum absolute atomic E-state index is 0.0595. The normalized spacial score (nSPS) is 12.6. The van der Waals surface area contributed by atoms with Gasteiger partial charge in [0.1, 0.15) is 17.2 Å². The summed E-state index contributed by atoms with van der Waals surface area (Å²) in [6.07, 6.45) is 1.98. The number of carbonyl (C=O) groups excluding carboxylic acids is 1. The van der Waals surface area contributed by atoms with E-state index in [2.05, 4.69) is 59.0 Å². The fourth-order valence-electron chi connectivity index (χ4n) is 3.42. The van der Waals surface area contributed by atoms with Crippen LogP contribution in [0.2, 0.25) is 0 Å². The third-order valence-corrected chi connectivity index (χ3v) is 6.51. The van der Waals surface area contributed by atoms with Gasteiger partial charge in [-0.25, -0.2) is 0 Å². The molecule has 0 saturated carbocycles. The first-order valence-electron chi connectivity index (χ1n) is 11.6. The number of carbonyl (C=O) groups is 1. The molecule has 0 radical (unpaired) electrons. The predicted molar refractivity (Wildman–Crippen MR) is 133 cm³/mol. The molecule has 0 bridgehead atoms. The Morgan fingerprint density at radius 2 is 1.50 bits per heavy atom. The van der Waals surface area contributed by atoms with Crippen molar-refractivity contribution in [2.75, 3.05) is 0 Å². The van der Waals surface area contributed by atoms with E-state index in [4.69, 9.17) is 4.74 Å². The number of aromatic hydroxyl groups is 1. The van der Waals surface area contributed by atoms with Crippen molar-refractivity contribution in [3.8, 4) is 17.2 Å². The van der Waals surface area contributed by atoms with Crippen molar-refractivity contribution in [3.05, 3.63) is 52.6 Å². The quantitative estimate of drug-likeness (QED) is 0.472. The Kier molecular flexibility index (Phi) is 7.38. The highest BCUT2D eigenvalue weighted by Gasteiger charge is 2.28. The van der Waals surface area contributed by atoms with E-state index in [0.717, 1.165) is 24.2 Å². The van der Waals surface area contributed by atoms with E-state index in [1.165, 1.54) is 11.6 Å². The molecule has 0 unspecified atom stereocenters. The molecule has 32 heavy (non-hydrogen) atoms. The van der Waals surface area contributed by atoms with E-state index in [0.29, 0.717) is 16.9 Å². The number of rotatable bonds is 7. The van der Waals surface area contributed by atoms with Gasteiger partial charge < -0.3 is 15.2 Å². The largest absolute Gasteiger partial charge is 0.508 e. The Labute approximate surface area is 194 Å². The van der Waals surface area contributed by atoms with Crippen LogP contribution in [0.3, 0.4) is 0 Å². The van der Waals surface area contributed by atoms with Gasteiger partial charge in [0.15, 0.2) is 0 Å². The maximum absolute atomic E-state index is 13.0. The van der Waals surface area contributed by atoms with Crippen molar-refractivity contribution < 1.29 is 14.6 Å². The monoisotopic (exact) mass is 439 g/mol. The molecular weight excluding hydrogens is 398 g/mol. The topological polar surface area (TPSA) is 58.6 Å². The molecule has 0 aromatic heterocycles. The molecule has 0 heterocycles. The third-order valence-electron chi connectivity index (χ3n) is 6.51. The first kappa shape index (κ1) is 25.8. The number of benzene rings is 2. The summed E-state index contributed by atoms with van der Waals surface area (Å²) in [5.41, 5.74) is 2.92. The van der Waals surface area contributed by atoms with Crippen molar-refractivity contribution in [3.63, 3.8) is 0 Å². The molecule has 0 aliphatic heterocycles. The molecule has 2 aromatic carbocycles. The van der Waals surface area contributed by atoms with E-state index < -0.39 is 5.54 Å². The SMILES string of the molecule is CCC(C)(C)c1ccc(Oc2cc(C)c(O)cc2C(=O)NC(C)(C)C)c(C(C)(C)CC)c1. The minimum atomic E-state index is -0.405. The Balaban J connectivity index is 2.63. The van der Waals surface area contributed by atoms with Gasteiger partial charge in [-0.1, -0.05) is 53.7 Å². The average molecular weight is 440 g/mol. The van der Waals surface area contributed by atoms with E-state index in [-0.39, 0.29) is 22.5 Å². The Morgan fingerprint density at radius 3 is 2.03 bits per heavy atom. The number of phenolic OH excluding ortho intramolecular Hbond substituents is 1. The number of ether oxygens (including phenoxy) is 1. The van der Waals surface area contributed by atoms with Crippen LogP contribution in [0.15, 0.2) is 30.3 Å². The lowest BCUT2D eigenvalue weighted by Gasteiger charge is -2.30. The molecule has 0 aliphatic rings. The summed E-state index contributed by atoms with van der Waals surface area (Å²) in [5, 5.41) is 13.2. The minimum Gasteiger partial charge on any atom is -0.508 e. The fourth-order valence-corrected chi connectivity index (χ4v) is 3.42. The summed E-state index contributed by atoms with van der Waals surface area (Å²) in [7, 11) is 0. The van der Waals surface area contributed by atoms with Crippen LogP contribution >= 0.6 is 0 Å². The highest BCUT2D eigenvalue weighted by molar-refractivity contribution is 5.98. The van der Waals surface area contributed by atoms with Gasteiger partial charge in [0.25, 0.3) is 5.91 Å². The number of phenols is 1. The average Bonchev–Trinajstić information content (AvgIpc) is 2.69. The van der Waals surface area contributed by atoms with Gasteiger partial charge >= 0.3 is 0 Å². The molecule has 0 aliphatic carbocycles. The molecule has 4 heteroatoms. The Morgan fingerprint density at radius 1 is 0.906 bits per heavy atom. The van der Waals surface area contributed by atoms with Gasteiger partial charge in [0, 0.05) is 11.1 Å². The van der Waals surface area contributed by atoms with Gasteiger partial charge in [0.2, 0.25) is 0 Å². The van der Waals surface area contributed by atoms with Crippen molar-refractivity contribution >= 4 is 5.91 Å². The van der Waals surface area contributed by atoms with Crippen LogP contribution in [0.25, 0.3) is 0 Å². The van der Waals surface area contributed by atoms with Gasteiger partial charge in [-0.05, 0) is 80.7 Å². The lowest BCUT2D eigenvalue weighted by atomic mass is 9.76. The number of nitrogens with one attached hydrogen (secondary N) is 1. The summed E-state index contributed by atoms with van der Waals surface area (Å²) in [5.74, 6) is 0.980. The third kappa shape index (κ3) is 5.85. The smallest absolute Gasteiger partial charge is 0.255 e. The molecule has 2 aromatic rings. The zero-order chi connectivity index (χ0) is 24.5. The molecule has 0 fully saturated rings. The molecule has 0 atom stereocenters. The Bertz CT molecular complexity index is 981. The Hall–Kier alpha value is -2.49. The molecule has 2 rings (SSSR count). The highest BCUT2D eigenvalue weighted by Crippen LogP contribution is 2.41. The first-order chi connectivity index (χ1) is 14.6. The van der Waals surface area contributed by atoms with Crippen LogP contribution in [0, 0.1) is 6.92 Å². The number of hydrogen-bond acceptors (Lipinski definition) is 3. The summed E-state index contributed by atoms with van der Waals surface area (Å²) in [6.45, 7) is 20.9. The molecular formula is C28H41NO3. The van der Waals surface area contributed by atoms with E-state index in [9.17, 15) is 9.90 Å². The molecule has 2 N–H and O–H groups in total. The van der Waals surface area contributed by atoms with E-state index >= 15 is 0 Å². The van der Waals surface area contributed by atoms with E-state index in [1.807, 2.05) is 26.8 Å². The molecule has 4 nitrogen and oxygen atoms in total. The zero-order valence-electron chi connectivity index (χ0n) is 21.6. The van der Waals surface area contributed by atoms with Gasteiger partial charge in [-0.2, -0.15) is 0 Å². The second kappa shape index (κ2) is 9.17. The maximum atomic E-state index is 13.0. The second-order valence-electron chi connectivity index (χ2n) is 11.1. The van der Waals surface area contributed by atoms with Crippen molar-refractivity contribution in [1.82, 2.24) is 5.32 Å². The standard InChI is InChI=1S/C28H41NO3/c1-11-27(7,8)19-13-14-23(21(16-19)28(9,10)12-2)32-24-15-18(3)22(30)17-20(24)25(31)29-26(4,5)6/h13-17,30H,11-12H2,1-10H3,(H,29,31). The van der Waals surface area contributed by atoms with Crippen LogP contribution in [-0.4, -0.2) is 16.6 Å². The summed E-state index contributed by atoms with van der Waals surface area (Å²) < 4.78 is 6.43. The number of amides is 1. The zero-order valence-corrected chi connectivity index (χ0v) is 21.6. The number of hydrogen-bond donors (Lipinski definition) is 2. The van der Waals surface area contributed by atoms with Crippen molar-refractivity contribution in [2.45, 2.75) is 98.4 Å². The van der Waals surface area contributed by atoms with Gasteiger partial charge in [-0.15, -0.1) is 0 Å². The van der Waals surface area contributed by atoms with E-state index in [1.54, 1.807) is 13.0 Å². The van der Waals surface area contributed by atoms with Crippen molar-refractivity contribution in [2.24, 2.45) is 0 Å². The lowest BCUT2D eigenvalue weighted by Crippen LogP contribution is -2.40. The van der Waals surface area contributed by atoms with Crippen LogP contribution in [-0.2, 0) is 10.8 Å². The predicted octanol–water partition coefficient (Wildman–Crippen LogP) is 7.40. The van der Waals surface area contributed by atoms with Crippen LogP contribution in [0.4, 0.5) is 0 Å². The van der Waals surface area contributed by atoms with Crippen LogP contribution in [0.1, 0.15) is 102 Å². The molecule has 176 valence electrons. The van der Waals surface area contributed by atoms with Gasteiger partial charge in [-0.3, -0.25) is 4.79 Å². The summed E-state index contributed by atoms with van der Waals surface area (Å²) >= 11 is 0. The van der Waals surface area contributed by atoms with Crippen molar-refractivity contribution in [1.29, 1.82) is 0 Å². The molecule has 0 saturated heterocycles. The molecule has 0 spiro atoms. The van der Waals surface area contributed by atoms with Crippen LogP contribution < -0.4 is 10.1 Å². The molecule has 1 amide bonds. The first-order valence-corrected chi connectivity index (χ1v) is 11.6. The summed E-state index contributed by atoms with van der Waals surface area (Å²) in [4.78, 5) is 13.0. The maximum Gasteiger partial charge on any atom is 0.255 e. The highest BCUT2D eigenvalue weighted by atomic mass is 16.5. The van der Waals surface area contributed by atoms with Gasteiger partial charge in [0.05, 0.1) is 5.56 Å². The summed E-state index contributed by atoms with van der Waals surface area (Å²) in [6, 6.07) is 9.62. The number of aryl methyl sites for hydroxylation is 1.